The molecular formula is C13H12ClF2N3. The van der Waals surface area contributed by atoms with Crippen LogP contribution in [0.5, 0.6) is 0 Å². The molecule has 0 aliphatic rings. The predicted octanol–water partition coefficient (Wildman–Crippen LogP) is 2.76. The lowest BCUT2D eigenvalue weighted by atomic mass is 9.99. The molecular weight excluding hydrogens is 272 g/mol. The maximum atomic E-state index is 13.6. The van der Waals surface area contributed by atoms with Crippen molar-refractivity contribution in [3.63, 3.8) is 0 Å². The van der Waals surface area contributed by atoms with Gasteiger partial charge in [-0.25, -0.2) is 13.8 Å². The van der Waals surface area contributed by atoms with Crippen LogP contribution in [0, 0.1) is 11.6 Å². The van der Waals surface area contributed by atoms with Crippen LogP contribution in [0.1, 0.15) is 17.2 Å². The Bertz CT molecular complexity index is 557. The van der Waals surface area contributed by atoms with E-state index in [1.54, 1.807) is 12.1 Å². The average Bonchev–Trinajstić information content (AvgIpc) is 2.38. The monoisotopic (exact) mass is 283 g/mol. The summed E-state index contributed by atoms with van der Waals surface area (Å²) in [7, 11) is 0. The molecule has 1 heterocycles. The van der Waals surface area contributed by atoms with E-state index in [-0.39, 0.29) is 12.0 Å². The number of nitrogens with zero attached hydrogens (tertiary/aromatic N) is 1. The van der Waals surface area contributed by atoms with E-state index in [9.17, 15) is 8.78 Å². The number of nitrogens with two attached hydrogens (primary N) is 1. The van der Waals surface area contributed by atoms with Gasteiger partial charge in [-0.2, -0.15) is 0 Å². The van der Waals surface area contributed by atoms with Gasteiger partial charge in [-0.15, -0.1) is 0 Å². The van der Waals surface area contributed by atoms with E-state index in [2.05, 4.69) is 10.4 Å². The zero-order chi connectivity index (χ0) is 13.8. The summed E-state index contributed by atoms with van der Waals surface area (Å²) in [5.74, 6) is 4.25. The third-order valence-electron chi connectivity index (χ3n) is 2.82. The Balaban J connectivity index is 2.29. The van der Waals surface area contributed by atoms with Gasteiger partial charge in [-0.3, -0.25) is 11.3 Å². The molecule has 0 amide bonds. The second kappa shape index (κ2) is 6.06. The van der Waals surface area contributed by atoms with Gasteiger partial charge in [0.2, 0.25) is 0 Å². The van der Waals surface area contributed by atoms with E-state index < -0.39 is 17.7 Å². The number of rotatable bonds is 4. The van der Waals surface area contributed by atoms with E-state index in [1.165, 1.54) is 24.4 Å². The minimum absolute atomic E-state index is 0.0154. The van der Waals surface area contributed by atoms with Crippen molar-refractivity contribution >= 4 is 11.6 Å². The molecule has 2 rings (SSSR count). The predicted molar refractivity (Wildman–Crippen MR) is 69.4 cm³/mol. The molecule has 1 atom stereocenters. The van der Waals surface area contributed by atoms with Crippen LogP contribution in [0.15, 0.2) is 36.5 Å². The highest BCUT2D eigenvalue weighted by molar-refractivity contribution is 6.29. The first-order chi connectivity index (χ1) is 9.11. The van der Waals surface area contributed by atoms with E-state index in [4.69, 9.17) is 17.4 Å². The summed E-state index contributed by atoms with van der Waals surface area (Å²) in [4.78, 5) is 3.85. The van der Waals surface area contributed by atoms with Crippen molar-refractivity contribution in [2.24, 2.45) is 5.84 Å². The molecule has 0 saturated heterocycles. The lowest BCUT2D eigenvalue weighted by molar-refractivity contribution is 0.500. The van der Waals surface area contributed by atoms with Crippen molar-refractivity contribution in [1.82, 2.24) is 10.4 Å². The van der Waals surface area contributed by atoms with Crippen LogP contribution >= 0.6 is 11.6 Å². The molecule has 3 N–H and O–H groups in total. The Labute approximate surface area is 114 Å². The summed E-state index contributed by atoms with van der Waals surface area (Å²) in [6.07, 6.45) is 1.59. The van der Waals surface area contributed by atoms with Crippen LogP contribution in [-0.4, -0.2) is 4.98 Å². The smallest absolute Gasteiger partial charge is 0.129 e. The van der Waals surface area contributed by atoms with Crippen molar-refractivity contribution < 1.29 is 8.78 Å². The molecule has 1 aromatic carbocycles. The minimum Gasteiger partial charge on any atom is -0.271 e. The standard InChI is InChI=1S/C13H12ClF2N3/c14-13-6-8(4-5-18-13)12(19-17)7-9-10(15)2-1-3-11(9)16/h1-6,12,19H,7,17H2. The van der Waals surface area contributed by atoms with Crippen LogP contribution in [0.25, 0.3) is 0 Å². The number of hydrogen-bond donors (Lipinski definition) is 2. The summed E-state index contributed by atoms with van der Waals surface area (Å²) in [6, 6.07) is 6.59. The highest BCUT2D eigenvalue weighted by Crippen LogP contribution is 2.22. The molecule has 0 fully saturated rings. The van der Waals surface area contributed by atoms with Gasteiger partial charge >= 0.3 is 0 Å². The first-order valence-corrected chi connectivity index (χ1v) is 6.00. The topological polar surface area (TPSA) is 50.9 Å². The molecule has 0 aliphatic heterocycles. The van der Waals surface area contributed by atoms with Gasteiger partial charge in [-0.1, -0.05) is 17.7 Å². The number of halogens is 3. The quantitative estimate of drug-likeness (QED) is 0.515. The average molecular weight is 284 g/mol. The normalized spacial score (nSPS) is 12.4. The van der Waals surface area contributed by atoms with Crippen LogP contribution < -0.4 is 11.3 Å². The van der Waals surface area contributed by atoms with Crippen LogP contribution in [0.3, 0.4) is 0 Å². The third kappa shape index (κ3) is 3.26. The van der Waals surface area contributed by atoms with Crippen molar-refractivity contribution in [3.05, 3.63) is 64.4 Å². The van der Waals surface area contributed by atoms with Crippen LogP contribution in [0.4, 0.5) is 8.78 Å². The van der Waals surface area contributed by atoms with Gasteiger partial charge in [0.05, 0.1) is 6.04 Å². The number of hydrazine groups is 1. The SMILES string of the molecule is NNC(Cc1c(F)cccc1F)c1ccnc(Cl)c1. The molecule has 2 aromatic rings. The molecule has 19 heavy (non-hydrogen) atoms. The fraction of sp³-hybridized carbons (Fsp3) is 0.154. The van der Waals surface area contributed by atoms with Gasteiger partial charge in [-0.05, 0) is 36.2 Å². The summed E-state index contributed by atoms with van der Waals surface area (Å²) in [5, 5.41) is 0.298. The maximum absolute atomic E-state index is 13.6. The van der Waals surface area contributed by atoms with Crippen molar-refractivity contribution in [2.75, 3.05) is 0 Å². The largest absolute Gasteiger partial charge is 0.271 e. The number of benzene rings is 1. The molecule has 0 radical (unpaired) electrons. The molecule has 1 unspecified atom stereocenters. The summed E-state index contributed by atoms with van der Waals surface area (Å²) in [6.45, 7) is 0. The molecule has 0 spiro atoms. The maximum Gasteiger partial charge on any atom is 0.129 e. The molecule has 1 aromatic heterocycles. The zero-order valence-corrected chi connectivity index (χ0v) is 10.7. The highest BCUT2D eigenvalue weighted by atomic mass is 35.5. The van der Waals surface area contributed by atoms with E-state index in [0.29, 0.717) is 10.7 Å². The van der Waals surface area contributed by atoms with Crippen molar-refractivity contribution in [2.45, 2.75) is 12.5 Å². The first-order valence-electron chi connectivity index (χ1n) is 5.62. The minimum atomic E-state index is -0.597. The molecule has 6 heteroatoms. The Hall–Kier alpha value is -1.56. The Kier molecular flexibility index (Phi) is 4.42. The van der Waals surface area contributed by atoms with Crippen LogP contribution in [-0.2, 0) is 6.42 Å². The first kappa shape index (κ1) is 13.9. The van der Waals surface area contributed by atoms with Gasteiger partial charge in [0.1, 0.15) is 16.8 Å². The molecule has 0 saturated carbocycles. The fourth-order valence-electron chi connectivity index (χ4n) is 1.84. The fourth-order valence-corrected chi connectivity index (χ4v) is 2.02. The lowest BCUT2D eigenvalue weighted by Crippen LogP contribution is -2.30. The summed E-state index contributed by atoms with van der Waals surface area (Å²) < 4.78 is 27.2. The lowest BCUT2D eigenvalue weighted by Gasteiger charge is -2.17. The molecule has 3 nitrogen and oxygen atoms in total. The highest BCUT2D eigenvalue weighted by Gasteiger charge is 2.16. The Morgan fingerprint density at radius 1 is 1.26 bits per heavy atom. The second-order valence-corrected chi connectivity index (χ2v) is 4.42. The van der Waals surface area contributed by atoms with E-state index >= 15 is 0 Å². The zero-order valence-electron chi connectivity index (χ0n) is 9.91. The number of pyridine rings is 1. The number of hydrogen-bond acceptors (Lipinski definition) is 3. The second-order valence-electron chi connectivity index (χ2n) is 4.04. The van der Waals surface area contributed by atoms with E-state index in [1.807, 2.05) is 0 Å². The van der Waals surface area contributed by atoms with Gasteiger partial charge in [0.15, 0.2) is 0 Å². The number of nitrogens with one attached hydrogen (secondary N) is 1. The van der Waals surface area contributed by atoms with Gasteiger partial charge < -0.3 is 0 Å². The summed E-state index contributed by atoms with van der Waals surface area (Å²) >= 11 is 5.78. The molecule has 0 bridgehead atoms. The third-order valence-corrected chi connectivity index (χ3v) is 3.03. The van der Waals surface area contributed by atoms with Gasteiger partial charge in [0.25, 0.3) is 0 Å². The van der Waals surface area contributed by atoms with Crippen molar-refractivity contribution in [1.29, 1.82) is 0 Å². The Morgan fingerprint density at radius 3 is 2.53 bits per heavy atom. The van der Waals surface area contributed by atoms with Crippen molar-refractivity contribution in [3.8, 4) is 0 Å². The van der Waals surface area contributed by atoms with Crippen LogP contribution in [0.2, 0.25) is 5.15 Å². The summed E-state index contributed by atoms with van der Waals surface area (Å²) in [5.41, 5.74) is 3.23. The van der Waals surface area contributed by atoms with Gasteiger partial charge in [0, 0.05) is 11.8 Å². The number of aromatic nitrogens is 1. The molecule has 0 aliphatic carbocycles. The van der Waals surface area contributed by atoms with E-state index in [0.717, 1.165) is 0 Å². The Morgan fingerprint density at radius 2 is 1.95 bits per heavy atom. The molecule has 100 valence electrons.